The number of amides is 2. The van der Waals surface area contributed by atoms with Gasteiger partial charge in [0.15, 0.2) is 11.6 Å². The van der Waals surface area contributed by atoms with Crippen molar-refractivity contribution in [3.8, 4) is 12.3 Å². The van der Waals surface area contributed by atoms with E-state index < -0.39 is 23.6 Å². The molecule has 2 N–H and O–H groups in total. The second kappa shape index (κ2) is 9.55. The average Bonchev–Trinajstić information content (AvgIpc) is 3.39. The molecule has 0 bridgehead atoms. The number of rotatable bonds is 5. The molecule has 11 nitrogen and oxygen atoms in total. The molecule has 2 aliphatic heterocycles. The molecule has 2 aliphatic rings. The summed E-state index contributed by atoms with van der Waals surface area (Å²) >= 11 is 1.67. The third-order valence-electron chi connectivity index (χ3n) is 5.72. The highest BCUT2D eigenvalue weighted by Crippen LogP contribution is 2.52. The molecule has 2 aromatic heterocycles. The maximum Gasteiger partial charge on any atom is 0.425 e. The topological polar surface area (TPSA) is 128 Å². The predicted octanol–water partition coefficient (Wildman–Crippen LogP) is 3.58. The van der Waals surface area contributed by atoms with Crippen LogP contribution in [0.2, 0.25) is 0 Å². The van der Waals surface area contributed by atoms with Crippen LogP contribution in [0.5, 0.6) is 0 Å². The normalized spacial score (nSPS) is 24.9. The Balaban J connectivity index is 1.81. The van der Waals surface area contributed by atoms with Gasteiger partial charge in [0.1, 0.15) is 35.2 Å². The molecule has 0 aromatic carbocycles. The van der Waals surface area contributed by atoms with Crippen LogP contribution >= 0.6 is 11.8 Å². The number of hydrogen-bond acceptors (Lipinski definition) is 9. The van der Waals surface area contributed by atoms with Crippen molar-refractivity contribution in [3.63, 3.8) is 0 Å². The van der Waals surface area contributed by atoms with Gasteiger partial charge < -0.3 is 29.2 Å². The smallest absolute Gasteiger partial charge is 0.425 e. The zero-order valence-corrected chi connectivity index (χ0v) is 22.0. The number of nitrogens with one attached hydrogen (secondary N) is 1. The van der Waals surface area contributed by atoms with E-state index in [2.05, 4.69) is 21.2 Å². The molecule has 0 saturated carbocycles. The summed E-state index contributed by atoms with van der Waals surface area (Å²) in [6.45, 7) is 12.3. The van der Waals surface area contributed by atoms with Gasteiger partial charge in [-0.25, -0.2) is 19.6 Å². The van der Waals surface area contributed by atoms with Gasteiger partial charge in [-0.2, -0.15) is 4.90 Å². The van der Waals surface area contributed by atoms with Gasteiger partial charge in [0.05, 0.1) is 10.9 Å². The molecule has 2 fully saturated rings. The van der Waals surface area contributed by atoms with Crippen LogP contribution in [-0.2, 0) is 14.2 Å². The van der Waals surface area contributed by atoms with Gasteiger partial charge in [0.25, 0.3) is 0 Å². The molecule has 0 unspecified atom stereocenters. The lowest BCUT2D eigenvalue weighted by atomic mass is 10.1. The Morgan fingerprint density at radius 1 is 1.33 bits per heavy atom. The number of carbonyl (C=O) groups is 2. The van der Waals surface area contributed by atoms with Gasteiger partial charge in [-0.3, -0.25) is 0 Å². The molecule has 0 aliphatic carbocycles. The van der Waals surface area contributed by atoms with Gasteiger partial charge in [0, 0.05) is 18.0 Å². The summed E-state index contributed by atoms with van der Waals surface area (Å²) < 4.78 is 19.7. The van der Waals surface area contributed by atoms with Crippen molar-refractivity contribution in [1.29, 1.82) is 0 Å². The van der Waals surface area contributed by atoms with Crippen molar-refractivity contribution in [3.05, 3.63) is 18.1 Å². The Labute approximate surface area is 213 Å². The highest BCUT2D eigenvalue weighted by Gasteiger charge is 2.55. The molecule has 4 atom stereocenters. The Bertz CT molecular complexity index is 1220. The van der Waals surface area contributed by atoms with Gasteiger partial charge in [-0.1, -0.05) is 12.8 Å². The number of anilines is 1. The van der Waals surface area contributed by atoms with E-state index in [-0.39, 0.29) is 34.0 Å². The molecule has 4 rings (SSSR count). The van der Waals surface area contributed by atoms with Crippen LogP contribution in [0.1, 0.15) is 52.5 Å². The lowest BCUT2D eigenvalue weighted by Gasteiger charge is -2.25. The van der Waals surface area contributed by atoms with Gasteiger partial charge in [-0.15, -0.1) is 18.2 Å². The number of ether oxygens (including phenoxy) is 3. The summed E-state index contributed by atoms with van der Waals surface area (Å²) in [6, 6.07) is 0. The number of nitrogens with zero attached hydrogens (tertiary/aromatic N) is 4. The third-order valence-corrected chi connectivity index (χ3v) is 7.28. The summed E-state index contributed by atoms with van der Waals surface area (Å²) in [7, 11) is 0. The summed E-state index contributed by atoms with van der Waals surface area (Å²) in [5.41, 5.74) is -0.182. The molecule has 2 saturated heterocycles. The molecule has 0 radical (unpaired) electrons. The van der Waals surface area contributed by atoms with Crippen LogP contribution in [0.25, 0.3) is 11.0 Å². The van der Waals surface area contributed by atoms with Crippen molar-refractivity contribution in [1.82, 2.24) is 19.9 Å². The number of carbonyl (C=O) groups excluding carboxylic acids is 1. The number of imide groups is 1. The van der Waals surface area contributed by atoms with Crippen molar-refractivity contribution >= 4 is 40.8 Å². The summed E-state index contributed by atoms with van der Waals surface area (Å²) in [4.78, 5) is 34.0. The highest BCUT2D eigenvalue weighted by molar-refractivity contribution is 8.00. The predicted molar refractivity (Wildman–Crippen MR) is 135 cm³/mol. The molecular formula is C24H31N5O6S. The van der Waals surface area contributed by atoms with Crippen molar-refractivity contribution < 1.29 is 28.9 Å². The highest BCUT2D eigenvalue weighted by atomic mass is 32.2. The molecular weight excluding hydrogens is 486 g/mol. The van der Waals surface area contributed by atoms with Crippen LogP contribution in [-0.4, -0.2) is 73.8 Å². The van der Waals surface area contributed by atoms with E-state index in [1.165, 1.54) is 6.33 Å². The average molecular weight is 518 g/mol. The maximum atomic E-state index is 12.8. The van der Waals surface area contributed by atoms with Crippen LogP contribution in [0.3, 0.4) is 0 Å². The van der Waals surface area contributed by atoms with Crippen LogP contribution in [0, 0.1) is 12.3 Å². The molecule has 4 heterocycles. The number of carboxylic acid groups (broad SMARTS) is 1. The molecule has 2 amide bonds. The summed E-state index contributed by atoms with van der Waals surface area (Å²) in [5, 5.41) is 13.4. The maximum absolute atomic E-state index is 12.8. The van der Waals surface area contributed by atoms with E-state index in [1.54, 1.807) is 38.7 Å². The van der Waals surface area contributed by atoms with Crippen LogP contribution < -0.4 is 10.2 Å². The third kappa shape index (κ3) is 4.88. The van der Waals surface area contributed by atoms with Crippen molar-refractivity contribution in [2.45, 2.75) is 75.8 Å². The first-order valence-corrected chi connectivity index (χ1v) is 12.6. The lowest BCUT2D eigenvalue weighted by molar-refractivity contribution is -0.148. The summed E-state index contributed by atoms with van der Waals surface area (Å²) in [6.07, 6.45) is 5.65. The lowest BCUT2D eigenvalue weighted by Crippen LogP contribution is -2.40. The largest absolute Gasteiger partial charge is 0.464 e. The zero-order chi connectivity index (χ0) is 26.4. The fourth-order valence-electron chi connectivity index (χ4n) is 4.44. The second-order valence-electron chi connectivity index (χ2n) is 10.0. The quantitative estimate of drug-likeness (QED) is 0.568. The zero-order valence-electron chi connectivity index (χ0n) is 21.1. The first kappa shape index (κ1) is 26.2. The van der Waals surface area contributed by atoms with E-state index >= 15 is 0 Å². The number of fused-ring (bicyclic) bond motifs is 2. The second-order valence-corrected chi connectivity index (χ2v) is 11.4. The monoisotopic (exact) mass is 517 g/mol. The van der Waals surface area contributed by atoms with E-state index in [4.69, 9.17) is 20.6 Å². The molecule has 36 heavy (non-hydrogen) atoms. The summed E-state index contributed by atoms with van der Waals surface area (Å²) in [5.74, 6) is 1.67. The van der Waals surface area contributed by atoms with Crippen molar-refractivity contribution in [2.75, 3.05) is 18.0 Å². The Kier molecular flexibility index (Phi) is 6.96. The fraction of sp³-hybridized carbons (Fsp3) is 0.583. The molecule has 0 spiro atoms. The first-order chi connectivity index (χ1) is 16.9. The fourth-order valence-corrected chi connectivity index (χ4v) is 6.03. The van der Waals surface area contributed by atoms with E-state index in [9.17, 15) is 14.7 Å². The van der Waals surface area contributed by atoms with E-state index in [0.717, 1.165) is 13.1 Å². The van der Waals surface area contributed by atoms with Gasteiger partial charge in [0.2, 0.25) is 0 Å². The van der Waals surface area contributed by atoms with E-state index in [1.807, 2.05) is 25.3 Å². The van der Waals surface area contributed by atoms with Crippen LogP contribution in [0.4, 0.5) is 15.4 Å². The Morgan fingerprint density at radius 3 is 2.64 bits per heavy atom. The number of aromatic nitrogens is 3. The molecule has 12 heteroatoms. The van der Waals surface area contributed by atoms with E-state index in [0.29, 0.717) is 16.1 Å². The minimum Gasteiger partial charge on any atom is -0.464 e. The molecule has 2 aromatic rings. The standard InChI is InChI=1S/C24H31N5O6S/c1-8-13-11-28(20-17-16(33-24(6,7)34-17)14(36-20)10-25-9-2)18-15(13)19(27-12-26-18)29(21(30)31)22(32)35-23(3,4)5/h1,11-12,14,16-17,20,25H,9-10H2,2-7H3,(H,30,31)/t14-,16-,17-,20-/m1/s1. The first-order valence-electron chi connectivity index (χ1n) is 11.7. The minimum atomic E-state index is -1.55. The Hall–Kier alpha value is -2.85. The minimum absolute atomic E-state index is 0.104. The number of terminal acetylenes is 1. The number of thioether (sulfide) groups is 1. The SMILES string of the molecule is C#Cc1cn([C@@H]2S[C@H](CNCC)[C@H]3OC(C)(C)O[C@H]32)c2ncnc(N(C(=O)O)C(=O)OC(C)(C)C)c12. The Morgan fingerprint density at radius 2 is 2.03 bits per heavy atom. The molecule has 194 valence electrons. The van der Waals surface area contributed by atoms with Crippen LogP contribution in [0.15, 0.2) is 12.5 Å². The van der Waals surface area contributed by atoms with Gasteiger partial charge >= 0.3 is 12.2 Å². The van der Waals surface area contributed by atoms with Gasteiger partial charge in [-0.05, 0) is 41.2 Å². The number of hydrogen-bond donors (Lipinski definition) is 2. The van der Waals surface area contributed by atoms with Crippen molar-refractivity contribution in [2.24, 2.45) is 0 Å².